The molecule has 2 N–H and O–H groups in total. The zero-order chi connectivity index (χ0) is 19.6. The van der Waals surface area contributed by atoms with E-state index in [0.717, 1.165) is 43.9 Å². The van der Waals surface area contributed by atoms with Gasteiger partial charge in [0.1, 0.15) is 0 Å². The zero-order valence-electron chi connectivity index (χ0n) is 17.6. The van der Waals surface area contributed by atoms with E-state index in [1.54, 1.807) is 7.05 Å². The molecular formula is C21H36IN3O2S. The van der Waals surface area contributed by atoms with Gasteiger partial charge in [-0.25, -0.2) is 0 Å². The summed E-state index contributed by atoms with van der Waals surface area (Å²) in [6, 6.07) is 8.82. The van der Waals surface area contributed by atoms with Crippen LogP contribution in [0, 0.1) is 0 Å². The molecule has 0 radical (unpaired) electrons. The van der Waals surface area contributed by atoms with Crippen LogP contribution in [0.2, 0.25) is 0 Å². The predicted molar refractivity (Wildman–Crippen MR) is 130 cm³/mol. The fraction of sp³-hybridized carbons (Fsp3) is 0.667. The number of benzene rings is 1. The number of hydrogen-bond donors (Lipinski definition) is 2. The molecule has 28 heavy (non-hydrogen) atoms. The monoisotopic (exact) mass is 521 g/mol. The molecule has 0 bridgehead atoms. The molecule has 5 nitrogen and oxygen atoms in total. The summed E-state index contributed by atoms with van der Waals surface area (Å²) in [7, 11) is 1.10. The molecule has 2 rings (SSSR count). The minimum Gasteiger partial charge on any atom is -0.374 e. The van der Waals surface area contributed by atoms with Gasteiger partial charge in [-0.1, -0.05) is 37.6 Å². The summed E-state index contributed by atoms with van der Waals surface area (Å²) in [4.78, 5) is 4.35. The maximum absolute atomic E-state index is 12.1. The number of nitrogens with one attached hydrogen (secondary N) is 2. The highest BCUT2D eigenvalue weighted by Gasteiger charge is 2.25. The first-order valence-corrected chi connectivity index (χ1v) is 11.4. The van der Waals surface area contributed by atoms with Crippen molar-refractivity contribution in [3.05, 3.63) is 35.4 Å². The summed E-state index contributed by atoms with van der Waals surface area (Å²) >= 11 is 0. The van der Waals surface area contributed by atoms with E-state index in [1.807, 2.05) is 20.8 Å². The number of hydrogen-bond acceptors (Lipinski definition) is 3. The molecule has 1 aliphatic rings. The molecule has 0 spiro atoms. The molecule has 3 unspecified atom stereocenters. The Hall–Kier alpha value is -0.670. The Morgan fingerprint density at radius 3 is 2.54 bits per heavy atom. The summed E-state index contributed by atoms with van der Waals surface area (Å²) < 4.78 is 17.8. The first kappa shape index (κ1) is 25.4. The van der Waals surface area contributed by atoms with Gasteiger partial charge >= 0.3 is 0 Å². The Labute approximate surface area is 190 Å². The summed E-state index contributed by atoms with van der Waals surface area (Å²) in [5.41, 5.74) is 2.40. The molecule has 7 heteroatoms. The molecule has 0 amide bonds. The zero-order valence-corrected chi connectivity index (χ0v) is 20.7. The van der Waals surface area contributed by atoms with Gasteiger partial charge in [-0.2, -0.15) is 0 Å². The van der Waals surface area contributed by atoms with Crippen LogP contribution in [0.1, 0.15) is 57.6 Å². The molecule has 0 saturated heterocycles. The number of nitrogens with zero attached hydrogens (tertiary/aromatic N) is 1. The van der Waals surface area contributed by atoms with E-state index in [4.69, 9.17) is 4.74 Å². The highest BCUT2D eigenvalue weighted by Crippen LogP contribution is 2.23. The molecule has 0 aromatic heterocycles. The third-order valence-electron chi connectivity index (χ3n) is 4.91. The van der Waals surface area contributed by atoms with Crippen molar-refractivity contribution in [2.24, 2.45) is 4.99 Å². The summed E-state index contributed by atoms with van der Waals surface area (Å²) in [6.07, 6.45) is 4.53. The minimum absolute atomic E-state index is 0. The molecule has 1 saturated carbocycles. The van der Waals surface area contributed by atoms with Gasteiger partial charge < -0.3 is 15.4 Å². The van der Waals surface area contributed by atoms with Crippen LogP contribution in [0.15, 0.2) is 29.3 Å². The Morgan fingerprint density at radius 1 is 1.25 bits per heavy atom. The van der Waals surface area contributed by atoms with Gasteiger partial charge in [-0.05, 0) is 44.2 Å². The van der Waals surface area contributed by atoms with Crippen molar-refractivity contribution >= 4 is 40.7 Å². The normalized spacial score (nSPS) is 21.1. The Balaban J connectivity index is 0.00000392. The smallest absolute Gasteiger partial charge is 0.191 e. The topological polar surface area (TPSA) is 62.7 Å². The first-order chi connectivity index (χ1) is 13.0. The minimum atomic E-state index is -0.702. The number of aliphatic imine (C=N–C) groups is 1. The SMILES string of the molecule is CCS(=O)C1CCCC(NC(=NC)NCc2ccc(COC(C)C)cc2)C1.I. The molecule has 1 aromatic carbocycles. The van der Waals surface area contributed by atoms with Crippen molar-refractivity contribution in [3.8, 4) is 0 Å². The van der Waals surface area contributed by atoms with Gasteiger partial charge in [-0.15, -0.1) is 24.0 Å². The van der Waals surface area contributed by atoms with Crippen molar-refractivity contribution in [2.45, 2.75) is 77.0 Å². The lowest BCUT2D eigenvalue weighted by Crippen LogP contribution is -2.46. The summed E-state index contributed by atoms with van der Waals surface area (Å²) in [6.45, 7) is 7.48. The number of guanidine groups is 1. The second-order valence-corrected chi connectivity index (χ2v) is 9.41. The Bertz CT molecular complexity index is 623. The standard InChI is InChI=1S/C21H35N3O2S.HI/c1-5-27(25)20-8-6-7-19(13-20)24-21(22-4)23-14-17-9-11-18(12-10-17)15-26-16(2)3;/h9-12,16,19-20H,5-8,13-15H2,1-4H3,(H2,22,23,24);1H. The lowest BCUT2D eigenvalue weighted by Gasteiger charge is -2.30. The molecule has 1 aromatic rings. The van der Waals surface area contributed by atoms with E-state index in [1.165, 1.54) is 11.1 Å². The number of ether oxygens (including phenoxy) is 1. The first-order valence-electron chi connectivity index (χ1n) is 10.1. The van der Waals surface area contributed by atoms with Gasteiger partial charge in [-0.3, -0.25) is 9.20 Å². The van der Waals surface area contributed by atoms with Crippen LogP contribution in [-0.2, 0) is 28.7 Å². The number of halogens is 1. The van der Waals surface area contributed by atoms with Gasteiger partial charge in [0.15, 0.2) is 5.96 Å². The second kappa shape index (κ2) is 13.5. The maximum atomic E-state index is 12.1. The van der Waals surface area contributed by atoms with E-state index >= 15 is 0 Å². The fourth-order valence-electron chi connectivity index (χ4n) is 3.34. The van der Waals surface area contributed by atoms with Gasteiger partial charge in [0, 0.05) is 41.4 Å². The molecule has 160 valence electrons. The quantitative estimate of drug-likeness (QED) is 0.309. The largest absolute Gasteiger partial charge is 0.374 e. The molecule has 3 atom stereocenters. The van der Waals surface area contributed by atoms with Crippen molar-refractivity contribution in [1.82, 2.24) is 10.6 Å². The highest BCUT2D eigenvalue weighted by molar-refractivity contribution is 14.0. The van der Waals surface area contributed by atoms with E-state index in [2.05, 4.69) is 39.9 Å². The highest BCUT2D eigenvalue weighted by atomic mass is 127. The van der Waals surface area contributed by atoms with E-state index in [-0.39, 0.29) is 30.1 Å². The predicted octanol–water partition coefficient (Wildman–Crippen LogP) is 3.97. The van der Waals surface area contributed by atoms with Gasteiger partial charge in [0.2, 0.25) is 0 Å². The van der Waals surface area contributed by atoms with Crippen LogP contribution in [0.4, 0.5) is 0 Å². The lowest BCUT2D eigenvalue weighted by atomic mass is 9.95. The fourth-order valence-corrected chi connectivity index (χ4v) is 4.69. The van der Waals surface area contributed by atoms with Crippen LogP contribution < -0.4 is 10.6 Å². The number of rotatable bonds is 8. The maximum Gasteiger partial charge on any atom is 0.191 e. The average molecular weight is 522 g/mol. The molecule has 0 heterocycles. The average Bonchev–Trinajstić information content (AvgIpc) is 2.69. The van der Waals surface area contributed by atoms with Crippen molar-refractivity contribution in [1.29, 1.82) is 0 Å². The van der Waals surface area contributed by atoms with Crippen LogP contribution in [0.3, 0.4) is 0 Å². The van der Waals surface area contributed by atoms with Crippen LogP contribution in [-0.4, -0.2) is 40.4 Å². The molecule has 0 aliphatic heterocycles. The van der Waals surface area contributed by atoms with Crippen LogP contribution >= 0.6 is 24.0 Å². The van der Waals surface area contributed by atoms with Crippen molar-refractivity contribution in [2.75, 3.05) is 12.8 Å². The summed E-state index contributed by atoms with van der Waals surface area (Å²) in [5.74, 6) is 1.57. The van der Waals surface area contributed by atoms with Crippen molar-refractivity contribution in [3.63, 3.8) is 0 Å². The van der Waals surface area contributed by atoms with Crippen LogP contribution in [0.5, 0.6) is 0 Å². The van der Waals surface area contributed by atoms with E-state index in [0.29, 0.717) is 17.9 Å². The van der Waals surface area contributed by atoms with Crippen molar-refractivity contribution < 1.29 is 8.95 Å². The van der Waals surface area contributed by atoms with E-state index in [9.17, 15) is 4.21 Å². The van der Waals surface area contributed by atoms with E-state index < -0.39 is 10.8 Å². The molecular weight excluding hydrogens is 485 g/mol. The van der Waals surface area contributed by atoms with Gasteiger partial charge in [0.05, 0.1) is 12.7 Å². The van der Waals surface area contributed by atoms with Crippen LogP contribution in [0.25, 0.3) is 0 Å². The Morgan fingerprint density at radius 2 is 1.93 bits per heavy atom. The summed E-state index contributed by atoms with van der Waals surface area (Å²) in [5, 5.41) is 7.23. The molecule has 1 fully saturated rings. The molecule has 1 aliphatic carbocycles. The third kappa shape index (κ3) is 8.78. The lowest BCUT2D eigenvalue weighted by molar-refractivity contribution is 0.0657. The van der Waals surface area contributed by atoms with Gasteiger partial charge in [0.25, 0.3) is 0 Å². The second-order valence-electron chi connectivity index (χ2n) is 7.40. The Kier molecular flexibility index (Phi) is 12.3. The third-order valence-corrected chi connectivity index (χ3v) is 6.65.